The molecule has 1 aromatic rings. The SMILES string of the molecule is COCCNCc1ccccc1N(C)CC(C)(C)O. The van der Waals surface area contributed by atoms with Crippen molar-refractivity contribution in [2.75, 3.05) is 38.8 Å². The molecular weight excluding hydrogens is 240 g/mol. The Bertz CT molecular complexity index is 375. The van der Waals surface area contributed by atoms with E-state index in [1.54, 1.807) is 7.11 Å². The summed E-state index contributed by atoms with van der Waals surface area (Å²) in [5, 5.41) is 13.3. The highest BCUT2D eigenvalue weighted by molar-refractivity contribution is 5.53. The predicted octanol–water partition coefficient (Wildman–Crippen LogP) is 1.63. The normalized spacial score (nSPS) is 11.6. The van der Waals surface area contributed by atoms with E-state index in [0.29, 0.717) is 13.2 Å². The molecule has 108 valence electrons. The minimum atomic E-state index is -0.703. The summed E-state index contributed by atoms with van der Waals surface area (Å²) < 4.78 is 5.02. The molecule has 0 amide bonds. The van der Waals surface area contributed by atoms with E-state index in [-0.39, 0.29) is 0 Å². The van der Waals surface area contributed by atoms with E-state index in [2.05, 4.69) is 22.3 Å². The number of nitrogens with one attached hydrogen (secondary N) is 1. The summed E-state index contributed by atoms with van der Waals surface area (Å²) in [6.45, 7) is 6.59. The predicted molar refractivity (Wildman–Crippen MR) is 79.6 cm³/mol. The summed E-state index contributed by atoms with van der Waals surface area (Å²) in [6, 6.07) is 8.25. The van der Waals surface area contributed by atoms with Gasteiger partial charge in [0.2, 0.25) is 0 Å². The molecule has 0 saturated heterocycles. The smallest absolute Gasteiger partial charge is 0.0765 e. The number of ether oxygens (including phenoxy) is 1. The van der Waals surface area contributed by atoms with Gasteiger partial charge in [0.15, 0.2) is 0 Å². The average Bonchev–Trinajstić information content (AvgIpc) is 2.33. The molecule has 0 atom stereocenters. The van der Waals surface area contributed by atoms with Crippen LogP contribution in [0.4, 0.5) is 5.69 Å². The quantitative estimate of drug-likeness (QED) is 0.702. The van der Waals surface area contributed by atoms with Crippen molar-refractivity contribution in [3.8, 4) is 0 Å². The van der Waals surface area contributed by atoms with Gasteiger partial charge in [-0.05, 0) is 25.5 Å². The fourth-order valence-corrected chi connectivity index (χ4v) is 2.10. The summed E-state index contributed by atoms with van der Waals surface area (Å²) in [5.74, 6) is 0. The monoisotopic (exact) mass is 266 g/mol. The Balaban J connectivity index is 2.66. The van der Waals surface area contributed by atoms with Crippen LogP contribution in [0.2, 0.25) is 0 Å². The van der Waals surface area contributed by atoms with Crippen molar-refractivity contribution in [1.82, 2.24) is 5.32 Å². The molecule has 0 aliphatic carbocycles. The minimum Gasteiger partial charge on any atom is -0.389 e. The van der Waals surface area contributed by atoms with E-state index < -0.39 is 5.60 Å². The van der Waals surface area contributed by atoms with E-state index in [0.717, 1.165) is 18.8 Å². The molecule has 0 saturated carbocycles. The lowest BCUT2D eigenvalue weighted by molar-refractivity contribution is 0.0886. The third kappa shape index (κ3) is 6.05. The van der Waals surface area contributed by atoms with E-state index in [1.807, 2.05) is 33.0 Å². The van der Waals surface area contributed by atoms with Gasteiger partial charge >= 0.3 is 0 Å². The van der Waals surface area contributed by atoms with Crippen molar-refractivity contribution in [3.63, 3.8) is 0 Å². The summed E-state index contributed by atoms with van der Waals surface area (Å²) in [4.78, 5) is 2.09. The maximum atomic E-state index is 9.91. The zero-order valence-electron chi connectivity index (χ0n) is 12.4. The summed E-state index contributed by atoms with van der Waals surface area (Å²) in [5.41, 5.74) is 1.67. The van der Waals surface area contributed by atoms with E-state index >= 15 is 0 Å². The van der Waals surface area contributed by atoms with Crippen molar-refractivity contribution in [1.29, 1.82) is 0 Å². The number of nitrogens with zero attached hydrogens (tertiary/aromatic N) is 1. The number of likely N-dealkylation sites (N-methyl/N-ethyl adjacent to an activating group) is 1. The lowest BCUT2D eigenvalue weighted by Gasteiger charge is -2.29. The molecule has 19 heavy (non-hydrogen) atoms. The first-order valence-electron chi connectivity index (χ1n) is 6.65. The van der Waals surface area contributed by atoms with Gasteiger partial charge in [-0.1, -0.05) is 18.2 Å². The van der Waals surface area contributed by atoms with E-state index in [9.17, 15) is 5.11 Å². The van der Waals surface area contributed by atoms with Gasteiger partial charge in [-0.25, -0.2) is 0 Å². The van der Waals surface area contributed by atoms with Crippen molar-refractivity contribution in [2.24, 2.45) is 0 Å². The zero-order chi connectivity index (χ0) is 14.3. The number of hydrogen-bond acceptors (Lipinski definition) is 4. The zero-order valence-corrected chi connectivity index (χ0v) is 12.4. The average molecular weight is 266 g/mol. The molecule has 4 nitrogen and oxygen atoms in total. The maximum Gasteiger partial charge on any atom is 0.0765 e. The molecule has 0 bridgehead atoms. The Morgan fingerprint density at radius 3 is 2.63 bits per heavy atom. The molecule has 1 aromatic carbocycles. The van der Waals surface area contributed by atoms with Gasteiger partial charge in [-0.15, -0.1) is 0 Å². The Labute approximate surface area is 116 Å². The van der Waals surface area contributed by atoms with Gasteiger partial charge in [0.25, 0.3) is 0 Å². The van der Waals surface area contributed by atoms with Crippen LogP contribution in [-0.4, -0.2) is 44.6 Å². The topological polar surface area (TPSA) is 44.7 Å². The molecule has 0 radical (unpaired) electrons. The number of rotatable bonds is 8. The standard InChI is InChI=1S/C15H26N2O2/c1-15(2,18)12-17(3)14-8-6-5-7-13(14)11-16-9-10-19-4/h5-8,16,18H,9-12H2,1-4H3. The summed E-state index contributed by atoms with van der Waals surface area (Å²) in [6.07, 6.45) is 0. The minimum absolute atomic E-state index is 0.599. The molecule has 0 aliphatic rings. The molecule has 0 aromatic heterocycles. The number of aliphatic hydroxyl groups is 1. The van der Waals surface area contributed by atoms with Crippen LogP contribution in [0.1, 0.15) is 19.4 Å². The summed E-state index contributed by atoms with van der Waals surface area (Å²) in [7, 11) is 3.71. The van der Waals surface area contributed by atoms with Gasteiger partial charge in [0.05, 0.1) is 12.2 Å². The second-order valence-electron chi connectivity index (χ2n) is 5.47. The Morgan fingerprint density at radius 1 is 1.32 bits per heavy atom. The summed E-state index contributed by atoms with van der Waals surface area (Å²) >= 11 is 0. The van der Waals surface area contributed by atoms with Crippen molar-refractivity contribution >= 4 is 5.69 Å². The molecule has 0 fully saturated rings. The number of methoxy groups -OCH3 is 1. The molecule has 0 heterocycles. The van der Waals surface area contributed by atoms with Gasteiger partial charge in [0, 0.05) is 39.5 Å². The number of para-hydroxylation sites is 1. The van der Waals surface area contributed by atoms with Crippen LogP contribution < -0.4 is 10.2 Å². The van der Waals surface area contributed by atoms with Crippen LogP contribution in [0.5, 0.6) is 0 Å². The van der Waals surface area contributed by atoms with Gasteiger partial charge in [0.1, 0.15) is 0 Å². The van der Waals surface area contributed by atoms with Crippen molar-refractivity contribution in [3.05, 3.63) is 29.8 Å². The number of anilines is 1. The van der Waals surface area contributed by atoms with Crippen LogP contribution in [0.15, 0.2) is 24.3 Å². The Morgan fingerprint density at radius 2 is 2.00 bits per heavy atom. The van der Waals surface area contributed by atoms with E-state index in [4.69, 9.17) is 4.74 Å². The first-order chi connectivity index (χ1) is 8.94. The highest BCUT2D eigenvalue weighted by Gasteiger charge is 2.17. The Hall–Kier alpha value is -1.10. The number of benzene rings is 1. The second-order valence-corrected chi connectivity index (χ2v) is 5.47. The van der Waals surface area contributed by atoms with Crippen LogP contribution in [0, 0.1) is 0 Å². The van der Waals surface area contributed by atoms with E-state index in [1.165, 1.54) is 5.56 Å². The maximum absolute atomic E-state index is 9.91. The molecule has 0 spiro atoms. The molecule has 2 N–H and O–H groups in total. The fourth-order valence-electron chi connectivity index (χ4n) is 2.10. The highest BCUT2D eigenvalue weighted by atomic mass is 16.5. The molecule has 0 unspecified atom stereocenters. The van der Waals surface area contributed by atoms with Gasteiger partial charge in [-0.3, -0.25) is 0 Å². The molecule has 0 aliphatic heterocycles. The third-order valence-corrected chi connectivity index (χ3v) is 2.83. The van der Waals surface area contributed by atoms with Crippen molar-refractivity contribution in [2.45, 2.75) is 26.0 Å². The molecular formula is C15H26N2O2. The molecule has 4 heteroatoms. The van der Waals surface area contributed by atoms with Crippen molar-refractivity contribution < 1.29 is 9.84 Å². The Kier molecular flexibility index (Phi) is 6.28. The lowest BCUT2D eigenvalue weighted by atomic mass is 10.1. The largest absolute Gasteiger partial charge is 0.389 e. The lowest BCUT2D eigenvalue weighted by Crippen LogP contribution is -2.36. The third-order valence-electron chi connectivity index (χ3n) is 2.83. The van der Waals surface area contributed by atoms with Crippen LogP contribution in [-0.2, 0) is 11.3 Å². The van der Waals surface area contributed by atoms with Gasteiger partial charge in [-0.2, -0.15) is 0 Å². The first kappa shape index (κ1) is 16.0. The van der Waals surface area contributed by atoms with Crippen LogP contribution >= 0.6 is 0 Å². The van der Waals surface area contributed by atoms with Gasteiger partial charge < -0.3 is 20.1 Å². The molecule has 1 rings (SSSR count). The van der Waals surface area contributed by atoms with Crippen LogP contribution in [0.3, 0.4) is 0 Å². The highest BCUT2D eigenvalue weighted by Crippen LogP contribution is 2.20. The number of hydrogen-bond donors (Lipinski definition) is 2. The fraction of sp³-hybridized carbons (Fsp3) is 0.600. The second kappa shape index (κ2) is 7.48. The van der Waals surface area contributed by atoms with Crippen LogP contribution in [0.25, 0.3) is 0 Å². The first-order valence-corrected chi connectivity index (χ1v) is 6.65.